The van der Waals surface area contributed by atoms with Gasteiger partial charge in [-0.05, 0) is 44.9 Å². The van der Waals surface area contributed by atoms with Crippen molar-refractivity contribution in [2.75, 3.05) is 10.6 Å². The second-order valence-electron chi connectivity index (χ2n) is 5.51. The third kappa shape index (κ3) is 3.42. The maximum absolute atomic E-state index is 11.8. The summed E-state index contributed by atoms with van der Waals surface area (Å²) < 4.78 is 0. The Morgan fingerprint density at radius 2 is 2.14 bits per heavy atom. The van der Waals surface area contributed by atoms with E-state index in [9.17, 15) is 4.79 Å². The van der Waals surface area contributed by atoms with Crippen molar-refractivity contribution in [3.63, 3.8) is 0 Å². The van der Waals surface area contributed by atoms with Crippen molar-refractivity contribution in [3.8, 4) is 0 Å². The molecule has 1 unspecified atom stereocenters. The van der Waals surface area contributed by atoms with Crippen LogP contribution in [0.25, 0.3) is 0 Å². The maximum Gasteiger partial charge on any atom is 0.227 e. The number of rotatable bonds is 5. The molecule has 4 nitrogen and oxygen atoms in total. The Morgan fingerprint density at radius 1 is 1.38 bits per heavy atom. The first-order chi connectivity index (χ1) is 10.1. The fourth-order valence-corrected chi connectivity index (χ4v) is 3.13. The highest BCUT2D eigenvalue weighted by Gasteiger charge is 2.29. The highest BCUT2D eigenvalue weighted by molar-refractivity contribution is 7.09. The maximum atomic E-state index is 11.8. The van der Waals surface area contributed by atoms with Gasteiger partial charge in [0.1, 0.15) is 0 Å². The van der Waals surface area contributed by atoms with Gasteiger partial charge in [0, 0.05) is 22.2 Å². The number of nitrogens with zero attached hydrogens (tertiary/aromatic N) is 1. The van der Waals surface area contributed by atoms with Crippen LogP contribution in [0.5, 0.6) is 0 Å². The number of amides is 1. The molecule has 0 radical (unpaired) electrons. The van der Waals surface area contributed by atoms with Crippen molar-refractivity contribution in [1.29, 1.82) is 0 Å². The van der Waals surface area contributed by atoms with Gasteiger partial charge < -0.3 is 10.6 Å². The molecule has 1 heterocycles. The Morgan fingerprint density at radius 3 is 2.81 bits per heavy atom. The predicted molar refractivity (Wildman–Crippen MR) is 86.7 cm³/mol. The van der Waals surface area contributed by atoms with Gasteiger partial charge in [-0.25, -0.2) is 4.98 Å². The first-order valence-electron chi connectivity index (χ1n) is 7.21. The third-order valence-corrected chi connectivity index (χ3v) is 4.75. The molecule has 1 saturated carbocycles. The van der Waals surface area contributed by atoms with E-state index in [0.29, 0.717) is 0 Å². The molecule has 1 amide bonds. The van der Waals surface area contributed by atoms with E-state index in [2.05, 4.69) is 22.5 Å². The lowest BCUT2D eigenvalue weighted by Crippen LogP contribution is -2.13. The Kier molecular flexibility index (Phi) is 3.92. The number of carbonyl (C=O) groups excluding carboxylic acids is 1. The molecule has 1 fully saturated rings. The molecule has 21 heavy (non-hydrogen) atoms. The first kappa shape index (κ1) is 14.1. The van der Waals surface area contributed by atoms with Crippen molar-refractivity contribution < 1.29 is 4.79 Å². The lowest BCUT2D eigenvalue weighted by molar-refractivity contribution is -0.117. The van der Waals surface area contributed by atoms with Gasteiger partial charge in [0.25, 0.3) is 0 Å². The lowest BCUT2D eigenvalue weighted by Gasteiger charge is -2.15. The zero-order chi connectivity index (χ0) is 14.8. The molecule has 1 aliphatic rings. The third-order valence-electron chi connectivity index (χ3n) is 3.64. The molecule has 0 bridgehead atoms. The van der Waals surface area contributed by atoms with E-state index < -0.39 is 0 Å². The number of benzene rings is 1. The zero-order valence-corrected chi connectivity index (χ0v) is 13.0. The van der Waals surface area contributed by atoms with Gasteiger partial charge in [-0.1, -0.05) is 6.07 Å². The number of hydrogen-bond donors (Lipinski definition) is 2. The topological polar surface area (TPSA) is 54.0 Å². The number of aryl methyl sites for hydroxylation is 1. The van der Waals surface area contributed by atoms with E-state index >= 15 is 0 Å². The standard InChI is InChI=1S/C16H19N3OS/c1-10-15(21-9-17-10)11(2)18-13-4-3-5-14(8-13)19-16(20)12-6-7-12/h3-5,8-9,11-12,18H,6-7H2,1-2H3,(H,19,20). The molecule has 2 aromatic rings. The number of anilines is 2. The van der Waals surface area contributed by atoms with Crippen LogP contribution in [-0.2, 0) is 4.79 Å². The van der Waals surface area contributed by atoms with Crippen LogP contribution in [0, 0.1) is 12.8 Å². The van der Waals surface area contributed by atoms with E-state index in [1.165, 1.54) is 4.88 Å². The van der Waals surface area contributed by atoms with E-state index in [1.54, 1.807) is 11.3 Å². The van der Waals surface area contributed by atoms with Gasteiger partial charge in [0.15, 0.2) is 0 Å². The SMILES string of the molecule is Cc1ncsc1C(C)Nc1cccc(NC(=O)C2CC2)c1. The summed E-state index contributed by atoms with van der Waals surface area (Å²) in [5.41, 5.74) is 4.79. The average molecular weight is 301 g/mol. The number of nitrogens with one attached hydrogen (secondary N) is 2. The predicted octanol–water partition coefficient (Wildman–Crippen LogP) is 3.97. The van der Waals surface area contributed by atoms with Crippen molar-refractivity contribution in [1.82, 2.24) is 4.98 Å². The van der Waals surface area contributed by atoms with Gasteiger partial charge >= 0.3 is 0 Å². The van der Waals surface area contributed by atoms with Crippen LogP contribution in [-0.4, -0.2) is 10.9 Å². The number of carbonyl (C=O) groups is 1. The Balaban J connectivity index is 1.68. The molecule has 0 spiro atoms. The molecule has 1 aliphatic carbocycles. The normalized spacial score (nSPS) is 15.5. The largest absolute Gasteiger partial charge is 0.378 e. The Labute approximate surface area is 128 Å². The summed E-state index contributed by atoms with van der Waals surface area (Å²) in [5.74, 6) is 0.360. The van der Waals surface area contributed by atoms with Gasteiger partial charge in [0.2, 0.25) is 5.91 Å². The molecule has 0 aliphatic heterocycles. The summed E-state index contributed by atoms with van der Waals surface area (Å²) in [7, 11) is 0. The first-order valence-corrected chi connectivity index (χ1v) is 8.09. The van der Waals surface area contributed by atoms with Gasteiger partial charge in [-0.15, -0.1) is 11.3 Å². The fourth-order valence-electron chi connectivity index (χ4n) is 2.32. The molecule has 2 N–H and O–H groups in total. The van der Waals surface area contributed by atoms with Gasteiger partial charge in [0.05, 0.1) is 17.2 Å². The van der Waals surface area contributed by atoms with Crippen molar-refractivity contribution >= 4 is 28.6 Å². The molecular formula is C16H19N3OS. The second-order valence-corrected chi connectivity index (χ2v) is 6.40. The summed E-state index contributed by atoms with van der Waals surface area (Å²) in [4.78, 5) is 17.3. The summed E-state index contributed by atoms with van der Waals surface area (Å²) in [6, 6.07) is 8.07. The van der Waals surface area contributed by atoms with Crippen LogP contribution in [0.3, 0.4) is 0 Å². The van der Waals surface area contributed by atoms with Crippen molar-refractivity contribution in [2.45, 2.75) is 32.7 Å². The lowest BCUT2D eigenvalue weighted by atomic mass is 10.2. The number of hydrogen-bond acceptors (Lipinski definition) is 4. The summed E-state index contributed by atoms with van der Waals surface area (Å²) in [5, 5.41) is 6.44. The highest BCUT2D eigenvalue weighted by Crippen LogP contribution is 2.31. The van der Waals surface area contributed by atoms with Gasteiger partial charge in [-0.2, -0.15) is 0 Å². The minimum absolute atomic E-state index is 0.137. The quantitative estimate of drug-likeness (QED) is 0.878. The van der Waals surface area contributed by atoms with Crippen LogP contribution >= 0.6 is 11.3 Å². The number of thiazole rings is 1. The monoisotopic (exact) mass is 301 g/mol. The summed E-state index contributed by atoms with van der Waals surface area (Å²) in [6.07, 6.45) is 2.04. The van der Waals surface area contributed by atoms with Crippen molar-refractivity contribution in [3.05, 3.63) is 40.3 Å². The Bertz CT molecular complexity index is 648. The molecule has 3 rings (SSSR count). The Hall–Kier alpha value is -1.88. The highest BCUT2D eigenvalue weighted by atomic mass is 32.1. The van der Waals surface area contributed by atoms with E-state index in [1.807, 2.05) is 36.7 Å². The summed E-state index contributed by atoms with van der Waals surface area (Å²) in [6.45, 7) is 4.15. The van der Waals surface area contributed by atoms with Crippen LogP contribution in [0.15, 0.2) is 29.8 Å². The van der Waals surface area contributed by atoms with Gasteiger partial charge in [-0.3, -0.25) is 4.79 Å². The van der Waals surface area contributed by atoms with Crippen LogP contribution in [0.2, 0.25) is 0 Å². The molecule has 0 saturated heterocycles. The van der Waals surface area contributed by atoms with Crippen molar-refractivity contribution in [2.24, 2.45) is 5.92 Å². The number of aromatic nitrogens is 1. The molecule has 1 aromatic carbocycles. The molecule has 5 heteroatoms. The van der Waals surface area contributed by atoms with Crippen LogP contribution in [0.1, 0.15) is 36.4 Å². The average Bonchev–Trinajstić information content (AvgIpc) is 3.21. The molecule has 1 aromatic heterocycles. The fraction of sp³-hybridized carbons (Fsp3) is 0.375. The smallest absolute Gasteiger partial charge is 0.227 e. The van der Waals surface area contributed by atoms with Crippen LogP contribution in [0.4, 0.5) is 11.4 Å². The molecular weight excluding hydrogens is 282 g/mol. The molecule has 110 valence electrons. The summed E-state index contributed by atoms with van der Waals surface area (Å²) >= 11 is 1.66. The zero-order valence-electron chi connectivity index (χ0n) is 12.2. The van der Waals surface area contributed by atoms with Crippen LogP contribution < -0.4 is 10.6 Å². The molecule has 1 atom stereocenters. The second kappa shape index (κ2) is 5.85. The minimum atomic E-state index is 0.137. The minimum Gasteiger partial charge on any atom is -0.378 e. The van der Waals surface area contributed by atoms with E-state index in [0.717, 1.165) is 29.9 Å². The van der Waals surface area contributed by atoms with E-state index in [4.69, 9.17) is 0 Å². The van der Waals surface area contributed by atoms with E-state index in [-0.39, 0.29) is 17.9 Å².